The standard InChI is InChI=1S/C6H10O4Si/c1-4(7)9-3-6(11)10-5(2)8/h3H,1-2,11H3. The van der Waals surface area contributed by atoms with Crippen molar-refractivity contribution in [1.29, 1.82) is 0 Å². The number of ether oxygens (including phenoxy) is 2. The van der Waals surface area contributed by atoms with Crippen molar-refractivity contribution in [1.82, 2.24) is 0 Å². The van der Waals surface area contributed by atoms with Crippen LogP contribution in [0.15, 0.2) is 11.6 Å². The van der Waals surface area contributed by atoms with Crippen LogP contribution < -0.4 is 0 Å². The molecule has 0 heterocycles. The first-order valence-electron chi connectivity index (χ1n) is 3.04. The van der Waals surface area contributed by atoms with E-state index in [1.165, 1.54) is 13.8 Å². The first-order valence-corrected chi connectivity index (χ1v) is 4.04. The molecule has 11 heavy (non-hydrogen) atoms. The van der Waals surface area contributed by atoms with Gasteiger partial charge in [0.2, 0.25) is 0 Å². The molecule has 0 saturated carbocycles. The average molecular weight is 174 g/mol. The summed E-state index contributed by atoms with van der Waals surface area (Å²) in [7, 11) is 0.533. The first kappa shape index (κ1) is 9.90. The zero-order valence-electron chi connectivity index (χ0n) is 6.71. The van der Waals surface area contributed by atoms with Gasteiger partial charge in [0.25, 0.3) is 0 Å². The van der Waals surface area contributed by atoms with Crippen molar-refractivity contribution >= 4 is 22.2 Å². The molecule has 0 atom stereocenters. The minimum absolute atomic E-state index is 0.396. The van der Waals surface area contributed by atoms with Crippen molar-refractivity contribution in [2.45, 2.75) is 13.8 Å². The molecule has 0 unspecified atom stereocenters. The van der Waals surface area contributed by atoms with E-state index in [1.54, 1.807) is 0 Å². The Balaban J connectivity index is 3.81. The number of rotatable bonds is 2. The highest BCUT2D eigenvalue weighted by Gasteiger charge is 1.95. The maximum atomic E-state index is 10.3. The Bertz CT molecular complexity index is 197. The van der Waals surface area contributed by atoms with Gasteiger partial charge in [-0.1, -0.05) is 0 Å². The Morgan fingerprint density at radius 1 is 1.27 bits per heavy atom. The summed E-state index contributed by atoms with van der Waals surface area (Å²) < 4.78 is 9.07. The molecule has 0 fully saturated rings. The summed E-state index contributed by atoms with van der Waals surface area (Å²) in [5.74, 6) is -0.830. The minimum Gasteiger partial charge on any atom is -0.435 e. The van der Waals surface area contributed by atoms with Crippen molar-refractivity contribution in [3.63, 3.8) is 0 Å². The van der Waals surface area contributed by atoms with Crippen LogP contribution in [0.25, 0.3) is 0 Å². The average Bonchev–Trinajstić information content (AvgIpc) is 1.82. The van der Waals surface area contributed by atoms with Gasteiger partial charge in [-0.15, -0.1) is 0 Å². The van der Waals surface area contributed by atoms with Crippen LogP contribution in [-0.4, -0.2) is 22.2 Å². The number of hydrogen-bond acceptors (Lipinski definition) is 4. The van der Waals surface area contributed by atoms with Crippen LogP contribution in [0.2, 0.25) is 0 Å². The van der Waals surface area contributed by atoms with Gasteiger partial charge in [-0.2, -0.15) is 0 Å². The molecule has 0 amide bonds. The molecule has 5 heteroatoms. The third-order valence-electron chi connectivity index (χ3n) is 0.696. The van der Waals surface area contributed by atoms with Crippen LogP contribution in [0.3, 0.4) is 0 Å². The second-order valence-corrected chi connectivity index (χ2v) is 2.92. The fourth-order valence-corrected chi connectivity index (χ4v) is 0.822. The Kier molecular flexibility index (Phi) is 4.20. The van der Waals surface area contributed by atoms with Crippen LogP contribution >= 0.6 is 0 Å². The van der Waals surface area contributed by atoms with Crippen molar-refractivity contribution in [3.05, 3.63) is 11.6 Å². The molecular weight excluding hydrogens is 164 g/mol. The summed E-state index contributed by atoms with van der Waals surface area (Å²) >= 11 is 0. The van der Waals surface area contributed by atoms with Crippen molar-refractivity contribution in [2.75, 3.05) is 0 Å². The van der Waals surface area contributed by atoms with E-state index in [4.69, 9.17) is 0 Å². The number of esters is 2. The van der Waals surface area contributed by atoms with E-state index in [9.17, 15) is 9.59 Å². The molecule has 0 rings (SSSR count). The SMILES string of the molecule is CC(=O)OC=C([SiH3])OC(C)=O. The Morgan fingerprint density at radius 2 is 1.82 bits per heavy atom. The van der Waals surface area contributed by atoms with Crippen molar-refractivity contribution in [2.24, 2.45) is 0 Å². The molecule has 0 aromatic rings. The Labute approximate surface area is 67.6 Å². The lowest BCUT2D eigenvalue weighted by molar-refractivity contribution is -0.139. The van der Waals surface area contributed by atoms with Crippen LogP contribution in [0.5, 0.6) is 0 Å². The van der Waals surface area contributed by atoms with E-state index in [2.05, 4.69) is 9.47 Å². The predicted octanol–water partition coefficient (Wildman–Crippen LogP) is -0.723. The van der Waals surface area contributed by atoms with Gasteiger partial charge in [-0.05, 0) is 0 Å². The fourth-order valence-electron chi connectivity index (χ4n) is 0.417. The second kappa shape index (κ2) is 4.67. The largest absolute Gasteiger partial charge is 0.435 e. The first-order chi connectivity index (χ1) is 5.02. The lowest BCUT2D eigenvalue weighted by Gasteiger charge is -1.99. The molecular formula is C6H10O4Si. The third-order valence-corrected chi connectivity index (χ3v) is 1.14. The molecule has 0 bridgehead atoms. The van der Waals surface area contributed by atoms with Gasteiger partial charge in [0, 0.05) is 13.8 Å². The quantitative estimate of drug-likeness (QED) is 0.315. The lowest BCUT2D eigenvalue weighted by Crippen LogP contribution is -2.00. The van der Waals surface area contributed by atoms with Gasteiger partial charge in [0.15, 0.2) is 0 Å². The minimum atomic E-state index is -0.425. The third kappa shape index (κ3) is 6.79. The van der Waals surface area contributed by atoms with Crippen molar-refractivity contribution in [3.8, 4) is 0 Å². The van der Waals surface area contributed by atoms with Crippen LogP contribution in [0.1, 0.15) is 13.8 Å². The van der Waals surface area contributed by atoms with Crippen molar-refractivity contribution < 1.29 is 19.1 Å². The van der Waals surface area contributed by atoms with E-state index < -0.39 is 11.9 Å². The van der Waals surface area contributed by atoms with E-state index in [0.29, 0.717) is 15.6 Å². The Hall–Kier alpha value is -1.10. The smallest absolute Gasteiger partial charge is 0.307 e. The zero-order chi connectivity index (χ0) is 8.85. The number of carbonyl (C=O) groups excluding carboxylic acids is 2. The highest BCUT2D eigenvalue weighted by Crippen LogP contribution is 1.92. The monoisotopic (exact) mass is 174 g/mol. The molecule has 0 aliphatic rings. The molecule has 0 spiro atoms. The van der Waals surface area contributed by atoms with Gasteiger partial charge in [-0.3, -0.25) is 9.59 Å². The molecule has 0 radical (unpaired) electrons. The van der Waals surface area contributed by atoms with Gasteiger partial charge in [0.05, 0.1) is 10.2 Å². The number of hydrogen-bond donors (Lipinski definition) is 0. The zero-order valence-corrected chi connectivity index (χ0v) is 8.71. The molecule has 4 nitrogen and oxygen atoms in total. The summed E-state index contributed by atoms with van der Waals surface area (Å²) in [6.45, 7) is 2.57. The maximum Gasteiger partial charge on any atom is 0.307 e. The topological polar surface area (TPSA) is 52.6 Å². The summed E-state index contributed by atoms with van der Waals surface area (Å²) in [5, 5.41) is 0.396. The summed E-state index contributed by atoms with van der Waals surface area (Å²) in [5.41, 5.74) is 0. The maximum absolute atomic E-state index is 10.3. The summed E-state index contributed by atoms with van der Waals surface area (Å²) in [4.78, 5) is 20.6. The summed E-state index contributed by atoms with van der Waals surface area (Å²) in [6.07, 6.45) is 1.15. The lowest BCUT2D eigenvalue weighted by atomic mass is 10.8. The molecule has 0 aliphatic carbocycles. The van der Waals surface area contributed by atoms with E-state index in [-0.39, 0.29) is 0 Å². The van der Waals surface area contributed by atoms with E-state index >= 15 is 0 Å². The normalized spacial score (nSPS) is 10.9. The highest BCUT2D eigenvalue weighted by atomic mass is 28.1. The van der Waals surface area contributed by atoms with E-state index in [0.717, 1.165) is 6.26 Å². The summed E-state index contributed by atoms with van der Waals surface area (Å²) in [6, 6.07) is 0. The molecule has 0 aromatic carbocycles. The van der Waals surface area contributed by atoms with Gasteiger partial charge in [0.1, 0.15) is 11.6 Å². The fraction of sp³-hybridized carbons (Fsp3) is 0.333. The highest BCUT2D eigenvalue weighted by molar-refractivity contribution is 6.20. The predicted molar refractivity (Wildman–Crippen MR) is 41.6 cm³/mol. The molecule has 0 N–H and O–H groups in total. The van der Waals surface area contributed by atoms with Crippen LogP contribution in [0.4, 0.5) is 0 Å². The van der Waals surface area contributed by atoms with Crippen LogP contribution in [-0.2, 0) is 19.1 Å². The van der Waals surface area contributed by atoms with Gasteiger partial charge >= 0.3 is 11.9 Å². The van der Waals surface area contributed by atoms with E-state index in [1.807, 2.05) is 0 Å². The molecule has 0 aliphatic heterocycles. The van der Waals surface area contributed by atoms with Gasteiger partial charge in [-0.25, -0.2) is 0 Å². The molecule has 0 aromatic heterocycles. The number of carbonyl (C=O) groups is 2. The Morgan fingerprint density at radius 3 is 2.18 bits per heavy atom. The molecule has 62 valence electrons. The second-order valence-electron chi connectivity index (χ2n) is 1.93. The van der Waals surface area contributed by atoms with Crippen LogP contribution in [0, 0.1) is 0 Å². The van der Waals surface area contributed by atoms with Gasteiger partial charge < -0.3 is 9.47 Å². The molecule has 0 saturated heterocycles.